The molecule has 2 aliphatic heterocycles. The first kappa shape index (κ1) is 17.3. The van der Waals surface area contributed by atoms with Gasteiger partial charge in [-0.05, 0) is 36.2 Å². The van der Waals surface area contributed by atoms with Crippen LogP contribution in [0.3, 0.4) is 0 Å². The summed E-state index contributed by atoms with van der Waals surface area (Å²) in [5.74, 6) is 0.289. The summed E-state index contributed by atoms with van der Waals surface area (Å²) in [6, 6.07) is 11.6. The topological polar surface area (TPSA) is 67.9 Å². The maximum Gasteiger partial charge on any atom is 0.231 e. The van der Waals surface area contributed by atoms with Crippen molar-refractivity contribution >= 4 is 17.5 Å². The van der Waals surface area contributed by atoms with E-state index in [1.807, 2.05) is 6.07 Å². The number of hydrogen-bond acceptors (Lipinski definition) is 4. The first-order valence-electron chi connectivity index (χ1n) is 8.82. The van der Waals surface area contributed by atoms with E-state index in [-0.39, 0.29) is 30.8 Å². The first-order valence-corrected chi connectivity index (χ1v) is 8.82. The fourth-order valence-electron chi connectivity index (χ4n) is 3.35. The maximum absolute atomic E-state index is 13.2. The van der Waals surface area contributed by atoms with Crippen LogP contribution in [0.15, 0.2) is 42.5 Å². The molecule has 0 radical (unpaired) electrons. The van der Waals surface area contributed by atoms with E-state index in [0.717, 1.165) is 5.56 Å². The average Bonchev–Trinajstić information content (AvgIpc) is 3.27. The van der Waals surface area contributed by atoms with Crippen molar-refractivity contribution in [3.05, 3.63) is 53.8 Å². The molecule has 2 amide bonds. The minimum absolute atomic E-state index is 0.0980. The van der Waals surface area contributed by atoms with Gasteiger partial charge in [-0.2, -0.15) is 0 Å². The Balaban J connectivity index is 1.33. The number of halogens is 1. The highest BCUT2D eigenvalue weighted by molar-refractivity contribution is 6.00. The highest BCUT2D eigenvalue weighted by Gasteiger charge is 2.35. The number of rotatable bonds is 5. The van der Waals surface area contributed by atoms with Crippen LogP contribution in [0.2, 0.25) is 0 Å². The fourth-order valence-corrected chi connectivity index (χ4v) is 3.35. The lowest BCUT2D eigenvalue weighted by Crippen LogP contribution is -2.34. The van der Waals surface area contributed by atoms with Crippen LogP contribution in [0, 0.1) is 11.7 Å². The van der Waals surface area contributed by atoms with Gasteiger partial charge in [0.15, 0.2) is 11.5 Å². The second-order valence-electron chi connectivity index (χ2n) is 6.61. The molecule has 1 saturated heterocycles. The predicted octanol–water partition coefficient (Wildman–Crippen LogP) is 2.27. The standard InChI is InChI=1S/C20H19FN2O4/c21-15-3-1-2-13(8-15)6-7-22-20(25)14-9-19(24)23(11-14)16-4-5-17-18(10-16)27-12-26-17/h1-5,8,10,14H,6-7,9,11-12H2,(H,22,25). The minimum atomic E-state index is -0.407. The number of amides is 2. The number of fused-ring (bicyclic) bond motifs is 1. The molecule has 2 aromatic rings. The summed E-state index contributed by atoms with van der Waals surface area (Å²) >= 11 is 0. The Kier molecular flexibility index (Phi) is 4.66. The van der Waals surface area contributed by atoms with Crippen molar-refractivity contribution in [1.29, 1.82) is 0 Å². The van der Waals surface area contributed by atoms with E-state index >= 15 is 0 Å². The van der Waals surface area contributed by atoms with E-state index in [2.05, 4.69) is 5.32 Å². The summed E-state index contributed by atoms with van der Waals surface area (Å²) in [4.78, 5) is 26.4. The van der Waals surface area contributed by atoms with Crippen LogP contribution in [-0.4, -0.2) is 31.7 Å². The lowest BCUT2D eigenvalue weighted by molar-refractivity contribution is -0.126. The van der Waals surface area contributed by atoms with Crippen LogP contribution in [0.1, 0.15) is 12.0 Å². The van der Waals surface area contributed by atoms with Crippen LogP contribution in [0.25, 0.3) is 0 Å². The van der Waals surface area contributed by atoms with Gasteiger partial charge in [0.1, 0.15) is 5.82 Å². The van der Waals surface area contributed by atoms with Crippen LogP contribution < -0.4 is 19.7 Å². The Morgan fingerprint density at radius 3 is 2.89 bits per heavy atom. The van der Waals surface area contributed by atoms with Gasteiger partial charge < -0.3 is 19.7 Å². The number of carbonyl (C=O) groups excluding carboxylic acids is 2. The van der Waals surface area contributed by atoms with Gasteiger partial charge in [-0.1, -0.05) is 12.1 Å². The molecular weight excluding hydrogens is 351 g/mol. The molecule has 2 aromatic carbocycles. The zero-order chi connectivity index (χ0) is 18.8. The molecule has 6 nitrogen and oxygen atoms in total. The highest BCUT2D eigenvalue weighted by Crippen LogP contribution is 2.37. The molecule has 1 atom stereocenters. The molecule has 0 saturated carbocycles. The Morgan fingerprint density at radius 1 is 1.19 bits per heavy atom. The molecular formula is C20H19FN2O4. The number of ether oxygens (including phenoxy) is 2. The van der Waals surface area contributed by atoms with Crippen molar-refractivity contribution in [2.24, 2.45) is 5.92 Å². The summed E-state index contributed by atoms with van der Waals surface area (Å²) in [6.07, 6.45) is 0.705. The Labute approximate surface area is 155 Å². The van der Waals surface area contributed by atoms with Gasteiger partial charge in [-0.15, -0.1) is 0 Å². The molecule has 0 bridgehead atoms. The molecule has 27 heavy (non-hydrogen) atoms. The van der Waals surface area contributed by atoms with Crippen LogP contribution in [0.5, 0.6) is 11.5 Å². The molecule has 2 aliphatic rings. The van der Waals surface area contributed by atoms with Crippen molar-refractivity contribution < 1.29 is 23.5 Å². The van der Waals surface area contributed by atoms with Crippen LogP contribution in [0.4, 0.5) is 10.1 Å². The summed E-state index contributed by atoms with van der Waals surface area (Å²) in [5.41, 5.74) is 1.51. The molecule has 4 rings (SSSR count). The summed E-state index contributed by atoms with van der Waals surface area (Å²) in [6.45, 7) is 0.893. The molecule has 0 spiro atoms. The molecule has 1 unspecified atom stereocenters. The number of hydrogen-bond donors (Lipinski definition) is 1. The third-order valence-corrected chi connectivity index (χ3v) is 4.77. The van der Waals surface area contributed by atoms with Gasteiger partial charge in [0.25, 0.3) is 0 Å². The third-order valence-electron chi connectivity index (χ3n) is 4.77. The molecule has 7 heteroatoms. The molecule has 0 aromatic heterocycles. The average molecular weight is 370 g/mol. The minimum Gasteiger partial charge on any atom is -0.454 e. The summed E-state index contributed by atoms with van der Waals surface area (Å²) in [7, 11) is 0. The third kappa shape index (κ3) is 3.72. The van der Waals surface area contributed by atoms with E-state index in [9.17, 15) is 14.0 Å². The Hall–Kier alpha value is -3.09. The van der Waals surface area contributed by atoms with E-state index in [0.29, 0.717) is 36.7 Å². The molecule has 1 N–H and O–H groups in total. The Morgan fingerprint density at radius 2 is 2.04 bits per heavy atom. The SMILES string of the molecule is O=C(NCCc1cccc(F)c1)C1CC(=O)N(c2ccc3c(c2)OCO3)C1. The zero-order valence-electron chi connectivity index (χ0n) is 14.6. The second-order valence-corrected chi connectivity index (χ2v) is 6.61. The predicted molar refractivity (Wildman–Crippen MR) is 96.1 cm³/mol. The lowest BCUT2D eigenvalue weighted by atomic mass is 10.1. The van der Waals surface area contributed by atoms with Crippen molar-refractivity contribution in [1.82, 2.24) is 5.32 Å². The van der Waals surface area contributed by atoms with Gasteiger partial charge in [0.2, 0.25) is 18.6 Å². The van der Waals surface area contributed by atoms with Gasteiger partial charge in [0.05, 0.1) is 5.92 Å². The number of nitrogens with zero attached hydrogens (tertiary/aromatic N) is 1. The van der Waals surface area contributed by atoms with Crippen molar-refractivity contribution in [2.75, 3.05) is 24.8 Å². The van der Waals surface area contributed by atoms with Gasteiger partial charge in [0, 0.05) is 31.3 Å². The van der Waals surface area contributed by atoms with Gasteiger partial charge in [-0.25, -0.2) is 4.39 Å². The van der Waals surface area contributed by atoms with Gasteiger partial charge >= 0.3 is 0 Å². The number of benzene rings is 2. The van der Waals surface area contributed by atoms with Crippen LogP contribution in [-0.2, 0) is 16.0 Å². The second kappa shape index (κ2) is 7.26. The molecule has 0 aliphatic carbocycles. The number of carbonyl (C=O) groups is 2. The van der Waals surface area contributed by atoms with Crippen molar-refractivity contribution in [3.63, 3.8) is 0 Å². The zero-order valence-corrected chi connectivity index (χ0v) is 14.6. The summed E-state index contributed by atoms with van der Waals surface area (Å²) < 4.78 is 23.8. The Bertz CT molecular complexity index is 886. The lowest BCUT2D eigenvalue weighted by Gasteiger charge is -2.17. The quantitative estimate of drug-likeness (QED) is 0.877. The van der Waals surface area contributed by atoms with Crippen molar-refractivity contribution in [3.8, 4) is 11.5 Å². The molecule has 2 heterocycles. The monoisotopic (exact) mass is 370 g/mol. The number of nitrogens with one attached hydrogen (secondary N) is 1. The van der Waals surface area contributed by atoms with Gasteiger partial charge in [-0.3, -0.25) is 9.59 Å². The van der Waals surface area contributed by atoms with Crippen LogP contribution >= 0.6 is 0 Å². The van der Waals surface area contributed by atoms with Crippen molar-refractivity contribution in [2.45, 2.75) is 12.8 Å². The van der Waals surface area contributed by atoms with E-state index in [4.69, 9.17) is 9.47 Å². The largest absolute Gasteiger partial charge is 0.454 e. The first-order chi connectivity index (χ1) is 13.1. The van der Waals surface area contributed by atoms with E-state index in [1.165, 1.54) is 12.1 Å². The normalized spacial score (nSPS) is 18.0. The highest BCUT2D eigenvalue weighted by atomic mass is 19.1. The molecule has 140 valence electrons. The number of anilines is 1. The molecule has 1 fully saturated rings. The smallest absolute Gasteiger partial charge is 0.231 e. The maximum atomic E-state index is 13.2. The fraction of sp³-hybridized carbons (Fsp3) is 0.300. The summed E-state index contributed by atoms with van der Waals surface area (Å²) in [5, 5.41) is 2.84. The van der Waals surface area contributed by atoms with E-state index in [1.54, 1.807) is 29.2 Å². The van der Waals surface area contributed by atoms with E-state index < -0.39 is 5.92 Å².